The van der Waals surface area contributed by atoms with Gasteiger partial charge in [0, 0.05) is 4.88 Å². The minimum atomic E-state index is -5.31. The van der Waals surface area contributed by atoms with E-state index in [1.54, 1.807) is 5.32 Å². The number of alkyl halides is 4. The number of anilines is 1. The van der Waals surface area contributed by atoms with Gasteiger partial charge >= 0.3 is 23.8 Å². The van der Waals surface area contributed by atoms with Crippen LogP contribution in [0.2, 0.25) is 0 Å². The molecule has 0 bridgehead atoms. The molecule has 1 aliphatic rings. The number of carbonyl (C=O) groups is 3. The zero-order valence-electron chi connectivity index (χ0n) is 15.7. The van der Waals surface area contributed by atoms with Crippen LogP contribution in [0.3, 0.4) is 0 Å². The molecule has 0 radical (unpaired) electrons. The molecule has 7 nitrogen and oxygen atoms in total. The molecule has 0 spiro atoms. The summed E-state index contributed by atoms with van der Waals surface area (Å²) in [5, 5.41) is 3.41. The van der Waals surface area contributed by atoms with Crippen molar-refractivity contribution < 1.29 is 37.0 Å². The fourth-order valence-corrected chi connectivity index (χ4v) is 4.41. The Morgan fingerprint density at radius 1 is 1.21 bits per heavy atom. The van der Waals surface area contributed by atoms with Crippen LogP contribution < -0.4 is 10.6 Å². The van der Waals surface area contributed by atoms with Gasteiger partial charge in [0.05, 0.1) is 19.3 Å². The van der Waals surface area contributed by atoms with Crippen LogP contribution in [0.1, 0.15) is 40.6 Å². The highest BCUT2D eigenvalue weighted by atomic mass is 35.5. The van der Waals surface area contributed by atoms with Crippen molar-refractivity contribution in [1.29, 1.82) is 0 Å². The molecule has 1 aliphatic carbocycles. The minimum absolute atomic E-state index is 0.0785. The molecular weight excluding hydrogens is 437 g/mol. The Balaban J connectivity index is 2.64. The first-order chi connectivity index (χ1) is 13.6. The zero-order valence-corrected chi connectivity index (χ0v) is 17.3. The average Bonchev–Trinajstić information content (AvgIpc) is 3.03. The van der Waals surface area contributed by atoms with Gasteiger partial charge in [0.15, 0.2) is 0 Å². The zero-order chi connectivity index (χ0) is 21.8. The lowest BCUT2D eigenvalue weighted by Gasteiger charge is -2.35. The maximum atomic E-state index is 14.1. The Morgan fingerprint density at radius 2 is 1.86 bits per heavy atom. The highest BCUT2D eigenvalue weighted by molar-refractivity contribution is 7.16. The van der Waals surface area contributed by atoms with Crippen molar-refractivity contribution >= 4 is 45.8 Å². The summed E-state index contributed by atoms with van der Waals surface area (Å²) in [5.74, 6) is -4.67. The van der Waals surface area contributed by atoms with Crippen LogP contribution in [0.15, 0.2) is 0 Å². The second-order valence-electron chi connectivity index (χ2n) is 6.18. The third-order valence-corrected chi connectivity index (χ3v) is 5.77. The molecule has 0 aromatic carbocycles. The van der Waals surface area contributed by atoms with E-state index in [0.29, 0.717) is 18.4 Å². The lowest BCUT2D eigenvalue weighted by Crippen LogP contribution is -2.69. The van der Waals surface area contributed by atoms with Gasteiger partial charge in [0.1, 0.15) is 10.9 Å². The number of halogens is 4. The normalized spacial score (nSPS) is 15.7. The number of methoxy groups -OCH3 is 1. The highest BCUT2D eigenvalue weighted by Gasteiger charge is 2.64. The summed E-state index contributed by atoms with van der Waals surface area (Å²) in [6.07, 6.45) is -2.65. The summed E-state index contributed by atoms with van der Waals surface area (Å²) >= 11 is 6.26. The average molecular weight is 457 g/mol. The number of nitrogens with one attached hydrogen (secondary N) is 2. The summed E-state index contributed by atoms with van der Waals surface area (Å²) in [7, 11) is 1.11. The quantitative estimate of drug-likeness (QED) is 0.372. The topological polar surface area (TPSA) is 93.7 Å². The van der Waals surface area contributed by atoms with Crippen molar-refractivity contribution in [3.05, 3.63) is 16.0 Å². The van der Waals surface area contributed by atoms with Crippen LogP contribution in [0.25, 0.3) is 0 Å². The molecule has 1 amide bonds. The first-order valence-electron chi connectivity index (χ1n) is 8.73. The molecule has 0 aliphatic heterocycles. The van der Waals surface area contributed by atoms with E-state index in [9.17, 15) is 27.6 Å². The van der Waals surface area contributed by atoms with Crippen molar-refractivity contribution in [2.24, 2.45) is 0 Å². The van der Waals surface area contributed by atoms with E-state index in [0.717, 1.165) is 36.2 Å². The van der Waals surface area contributed by atoms with E-state index in [-0.39, 0.29) is 17.2 Å². The van der Waals surface area contributed by atoms with Crippen molar-refractivity contribution in [3.8, 4) is 0 Å². The molecule has 1 aromatic heterocycles. The van der Waals surface area contributed by atoms with Crippen LogP contribution >= 0.6 is 22.9 Å². The smallest absolute Gasteiger partial charge is 0.441 e. The molecule has 2 rings (SSSR count). The van der Waals surface area contributed by atoms with Gasteiger partial charge in [-0.2, -0.15) is 13.2 Å². The Kier molecular flexibility index (Phi) is 7.39. The standard InChI is InChI=1S/C17H20ClF3N2O5S/c1-3-28-15(26)16(17(19,20)21,22-11(24)8-18)23-13-12(14(25)27-2)9-6-4-5-7-10(9)29-13/h23H,3-8H2,1-2H3,(H,22,24). The molecule has 29 heavy (non-hydrogen) atoms. The van der Waals surface area contributed by atoms with Crippen molar-refractivity contribution in [2.45, 2.75) is 44.4 Å². The van der Waals surface area contributed by atoms with E-state index in [2.05, 4.69) is 10.1 Å². The Labute approximate surface area is 173 Å². The fourth-order valence-electron chi connectivity index (χ4n) is 3.01. The Hall–Kier alpha value is -2.01. The number of aryl methyl sites for hydroxylation is 1. The second kappa shape index (κ2) is 9.21. The molecule has 1 aromatic rings. The maximum Gasteiger partial charge on any atom is 0.441 e. The SMILES string of the molecule is CCOC(=O)C(NC(=O)CCl)(Nc1sc2c(c1C(=O)OC)CCCC2)C(F)(F)F. The summed E-state index contributed by atoms with van der Waals surface area (Å²) < 4.78 is 51.6. The fraction of sp³-hybridized carbons (Fsp3) is 0.588. The van der Waals surface area contributed by atoms with Gasteiger partial charge in [-0.25, -0.2) is 9.59 Å². The van der Waals surface area contributed by atoms with E-state index < -0.39 is 35.6 Å². The van der Waals surface area contributed by atoms with E-state index in [4.69, 9.17) is 16.3 Å². The molecule has 0 fully saturated rings. The predicted octanol–water partition coefficient (Wildman–Crippen LogP) is 3.00. The van der Waals surface area contributed by atoms with Crippen molar-refractivity contribution in [2.75, 3.05) is 24.9 Å². The number of thiophene rings is 1. The lowest BCUT2D eigenvalue weighted by atomic mass is 9.95. The van der Waals surface area contributed by atoms with Crippen LogP contribution in [0.5, 0.6) is 0 Å². The predicted molar refractivity (Wildman–Crippen MR) is 100 cm³/mol. The van der Waals surface area contributed by atoms with Gasteiger partial charge in [-0.3, -0.25) is 4.79 Å². The molecule has 162 valence electrons. The van der Waals surface area contributed by atoms with Crippen molar-refractivity contribution in [3.63, 3.8) is 0 Å². The molecular formula is C17H20ClF3N2O5S. The Bertz CT molecular complexity index is 799. The number of carbonyl (C=O) groups excluding carboxylic acids is 3. The molecule has 1 atom stereocenters. The number of esters is 2. The third-order valence-electron chi connectivity index (χ3n) is 4.32. The first-order valence-corrected chi connectivity index (χ1v) is 10.1. The summed E-state index contributed by atoms with van der Waals surface area (Å²) in [6.45, 7) is 0.964. The van der Waals surface area contributed by atoms with Crippen molar-refractivity contribution in [1.82, 2.24) is 5.32 Å². The number of fused-ring (bicyclic) bond motifs is 1. The van der Waals surface area contributed by atoms with Crippen LogP contribution in [-0.4, -0.2) is 49.3 Å². The largest absolute Gasteiger partial charge is 0.465 e. The summed E-state index contributed by atoms with van der Waals surface area (Å²) in [6, 6.07) is 0. The van der Waals surface area contributed by atoms with Crippen LogP contribution in [0, 0.1) is 0 Å². The Morgan fingerprint density at radius 3 is 2.41 bits per heavy atom. The van der Waals surface area contributed by atoms with Gasteiger partial charge in [0.25, 0.3) is 0 Å². The lowest BCUT2D eigenvalue weighted by molar-refractivity contribution is -0.207. The maximum absolute atomic E-state index is 14.1. The van der Waals surface area contributed by atoms with E-state index in [1.807, 2.05) is 0 Å². The van der Waals surface area contributed by atoms with Gasteiger partial charge in [-0.05, 0) is 38.2 Å². The molecule has 0 saturated carbocycles. The van der Waals surface area contributed by atoms with Gasteiger partial charge in [0.2, 0.25) is 5.91 Å². The number of ether oxygens (including phenoxy) is 2. The van der Waals surface area contributed by atoms with Gasteiger partial charge in [-0.15, -0.1) is 22.9 Å². The van der Waals surface area contributed by atoms with Crippen LogP contribution in [-0.2, 0) is 31.9 Å². The molecule has 1 heterocycles. The first kappa shape index (κ1) is 23.3. The molecule has 2 N–H and O–H groups in total. The second-order valence-corrected chi connectivity index (χ2v) is 7.55. The summed E-state index contributed by atoms with van der Waals surface area (Å²) in [5.41, 5.74) is -3.12. The third kappa shape index (κ3) is 4.61. The minimum Gasteiger partial charge on any atom is -0.465 e. The highest BCUT2D eigenvalue weighted by Crippen LogP contribution is 2.42. The van der Waals surface area contributed by atoms with Crippen LogP contribution in [0.4, 0.5) is 18.2 Å². The van der Waals surface area contributed by atoms with E-state index >= 15 is 0 Å². The van der Waals surface area contributed by atoms with Gasteiger partial charge < -0.3 is 20.1 Å². The number of rotatable bonds is 7. The molecule has 12 heteroatoms. The molecule has 1 unspecified atom stereocenters. The summed E-state index contributed by atoms with van der Waals surface area (Å²) in [4.78, 5) is 37.2. The van der Waals surface area contributed by atoms with E-state index in [1.165, 1.54) is 6.92 Å². The number of amides is 1. The number of hydrogen-bond donors (Lipinski definition) is 2. The number of hydrogen-bond acceptors (Lipinski definition) is 7. The van der Waals surface area contributed by atoms with Gasteiger partial charge in [-0.1, -0.05) is 0 Å². The molecule has 0 saturated heterocycles. The monoisotopic (exact) mass is 456 g/mol.